The van der Waals surface area contributed by atoms with E-state index in [1.807, 2.05) is 0 Å². The minimum absolute atomic E-state index is 0.216. The maximum Gasteiger partial charge on any atom is 0.320 e. The summed E-state index contributed by atoms with van der Waals surface area (Å²) < 4.78 is 0. The molecule has 1 unspecified atom stereocenters. The summed E-state index contributed by atoms with van der Waals surface area (Å²) in [5.74, 6) is 1.00. The van der Waals surface area contributed by atoms with Crippen LogP contribution in [0.1, 0.15) is 58.3 Å². The second-order valence-electron chi connectivity index (χ2n) is 6.32. The Kier molecular flexibility index (Phi) is 5.04. The van der Waals surface area contributed by atoms with Crippen LogP contribution in [0.3, 0.4) is 0 Å². The molecule has 1 aliphatic carbocycles. The Morgan fingerprint density at radius 1 is 1.11 bits per heavy atom. The highest BCUT2D eigenvalue weighted by atomic mass is 16.4. The van der Waals surface area contributed by atoms with Crippen LogP contribution in [0.25, 0.3) is 0 Å². The van der Waals surface area contributed by atoms with Crippen molar-refractivity contribution in [2.45, 2.75) is 64.3 Å². The minimum atomic E-state index is -0.610. The smallest absolute Gasteiger partial charge is 0.320 e. The van der Waals surface area contributed by atoms with Crippen LogP contribution in [0.4, 0.5) is 0 Å². The number of hydrogen-bond acceptors (Lipinski definition) is 2. The summed E-state index contributed by atoms with van der Waals surface area (Å²) in [7, 11) is 0. The van der Waals surface area contributed by atoms with E-state index in [2.05, 4.69) is 11.8 Å². The monoisotopic (exact) mass is 253 g/mol. The molecule has 1 heterocycles. The van der Waals surface area contributed by atoms with Gasteiger partial charge >= 0.3 is 5.97 Å². The third kappa shape index (κ3) is 3.71. The third-order valence-corrected chi connectivity index (χ3v) is 4.78. The first-order chi connectivity index (χ1) is 8.66. The van der Waals surface area contributed by atoms with Gasteiger partial charge in [-0.3, -0.25) is 9.69 Å². The van der Waals surface area contributed by atoms with Gasteiger partial charge in [0.1, 0.15) is 6.04 Å². The Bertz CT molecular complexity index is 272. The van der Waals surface area contributed by atoms with E-state index in [9.17, 15) is 9.90 Å². The number of nitrogens with zero attached hydrogens (tertiary/aromatic N) is 1. The first kappa shape index (κ1) is 13.9. The van der Waals surface area contributed by atoms with Crippen LogP contribution in [0.2, 0.25) is 0 Å². The average molecular weight is 253 g/mol. The topological polar surface area (TPSA) is 40.5 Å². The molecule has 1 atom stereocenters. The van der Waals surface area contributed by atoms with E-state index in [1.165, 1.54) is 38.5 Å². The lowest BCUT2D eigenvalue weighted by Crippen LogP contribution is -2.43. The molecule has 0 amide bonds. The highest BCUT2D eigenvalue weighted by molar-refractivity contribution is 5.73. The van der Waals surface area contributed by atoms with E-state index in [-0.39, 0.29) is 6.04 Å². The predicted octanol–water partition coefficient (Wildman–Crippen LogP) is 3.14. The molecule has 0 bridgehead atoms. The van der Waals surface area contributed by atoms with Crippen LogP contribution < -0.4 is 0 Å². The van der Waals surface area contributed by atoms with Crippen LogP contribution in [-0.2, 0) is 4.79 Å². The van der Waals surface area contributed by atoms with Gasteiger partial charge in [0.15, 0.2) is 0 Å². The molecule has 2 aliphatic rings. The van der Waals surface area contributed by atoms with Gasteiger partial charge in [-0.2, -0.15) is 0 Å². The number of aliphatic carboxylic acids is 1. The second kappa shape index (κ2) is 6.55. The minimum Gasteiger partial charge on any atom is -0.480 e. The maximum absolute atomic E-state index is 11.4. The first-order valence-corrected chi connectivity index (χ1v) is 7.63. The summed E-state index contributed by atoms with van der Waals surface area (Å²) in [6.07, 6.45) is 9.54. The normalized spacial score (nSPS) is 35.1. The first-order valence-electron chi connectivity index (χ1n) is 7.63. The van der Waals surface area contributed by atoms with Gasteiger partial charge in [0, 0.05) is 6.54 Å². The summed E-state index contributed by atoms with van der Waals surface area (Å²) in [5.41, 5.74) is 0. The van der Waals surface area contributed by atoms with Crippen molar-refractivity contribution in [3.63, 3.8) is 0 Å². The van der Waals surface area contributed by atoms with Gasteiger partial charge < -0.3 is 5.11 Å². The molecule has 1 N–H and O–H groups in total. The van der Waals surface area contributed by atoms with Crippen molar-refractivity contribution in [3.8, 4) is 0 Å². The summed E-state index contributed by atoms with van der Waals surface area (Å²) >= 11 is 0. The summed E-state index contributed by atoms with van der Waals surface area (Å²) in [4.78, 5) is 13.6. The van der Waals surface area contributed by atoms with Crippen LogP contribution in [0.15, 0.2) is 0 Å². The van der Waals surface area contributed by atoms with Crippen LogP contribution in [0.5, 0.6) is 0 Å². The number of carboxylic acid groups (broad SMARTS) is 1. The molecule has 2 fully saturated rings. The largest absolute Gasteiger partial charge is 0.480 e. The van der Waals surface area contributed by atoms with E-state index < -0.39 is 5.97 Å². The second-order valence-corrected chi connectivity index (χ2v) is 6.32. The fourth-order valence-electron chi connectivity index (χ4n) is 3.51. The van der Waals surface area contributed by atoms with Gasteiger partial charge in [-0.25, -0.2) is 0 Å². The van der Waals surface area contributed by atoms with Gasteiger partial charge in [-0.05, 0) is 44.1 Å². The summed E-state index contributed by atoms with van der Waals surface area (Å²) in [5, 5.41) is 9.36. The molecule has 0 aromatic heterocycles. The molecule has 1 saturated heterocycles. The van der Waals surface area contributed by atoms with Crippen LogP contribution in [0, 0.1) is 11.8 Å². The number of carboxylic acids is 1. The molecule has 3 heteroatoms. The molecule has 104 valence electrons. The fraction of sp³-hybridized carbons (Fsp3) is 0.933. The van der Waals surface area contributed by atoms with E-state index in [1.54, 1.807) is 0 Å². The van der Waals surface area contributed by atoms with E-state index in [4.69, 9.17) is 0 Å². The molecule has 18 heavy (non-hydrogen) atoms. The van der Waals surface area contributed by atoms with Crippen LogP contribution in [-0.4, -0.2) is 35.1 Å². The molecular weight excluding hydrogens is 226 g/mol. The van der Waals surface area contributed by atoms with Crippen molar-refractivity contribution >= 4 is 5.97 Å². The summed E-state index contributed by atoms with van der Waals surface area (Å²) in [6.45, 7) is 4.34. The fourth-order valence-corrected chi connectivity index (χ4v) is 3.51. The van der Waals surface area contributed by atoms with Gasteiger partial charge in [-0.15, -0.1) is 0 Å². The number of hydrogen-bond donors (Lipinski definition) is 1. The molecule has 3 nitrogen and oxygen atoms in total. The Labute approximate surface area is 111 Å². The van der Waals surface area contributed by atoms with Crippen molar-refractivity contribution in [3.05, 3.63) is 0 Å². The van der Waals surface area contributed by atoms with Crippen LogP contribution >= 0.6 is 0 Å². The van der Waals surface area contributed by atoms with E-state index in [0.717, 1.165) is 37.8 Å². The van der Waals surface area contributed by atoms with Crippen molar-refractivity contribution in [2.75, 3.05) is 13.1 Å². The Morgan fingerprint density at radius 3 is 2.50 bits per heavy atom. The Hall–Kier alpha value is -0.570. The third-order valence-electron chi connectivity index (χ3n) is 4.78. The maximum atomic E-state index is 11.4. The molecule has 0 aromatic rings. The average Bonchev–Trinajstić information content (AvgIpc) is 2.57. The molecule has 1 saturated carbocycles. The van der Waals surface area contributed by atoms with Gasteiger partial charge in [0.2, 0.25) is 0 Å². The van der Waals surface area contributed by atoms with Crippen molar-refractivity contribution in [2.24, 2.45) is 11.8 Å². The molecule has 0 radical (unpaired) electrons. The van der Waals surface area contributed by atoms with Crippen molar-refractivity contribution < 1.29 is 9.90 Å². The quantitative estimate of drug-likeness (QED) is 0.840. The lowest BCUT2D eigenvalue weighted by atomic mass is 9.82. The van der Waals surface area contributed by atoms with E-state index >= 15 is 0 Å². The van der Waals surface area contributed by atoms with Gasteiger partial charge in [0.05, 0.1) is 0 Å². The zero-order valence-corrected chi connectivity index (χ0v) is 11.6. The Balaban J connectivity index is 1.89. The van der Waals surface area contributed by atoms with E-state index in [0.29, 0.717) is 0 Å². The zero-order valence-electron chi connectivity index (χ0n) is 11.6. The summed E-state index contributed by atoms with van der Waals surface area (Å²) in [6, 6.07) is -0.216. The number of carbonyl (C=O) groups is 1. The van der Waals surface area contributed by atoms with Gasteiger partial charge in [-0.1, -0.05) is 32.6 Å². The standard InChI is InChI=1S/C15H27NO2/c1-12-6-8-13(9-7-12)11-16-10-4-2-3-5-14(16)15(17)18/h12-14H,2-11H2,1H3,(H,17,18). The van der Waals surface area contributed by atoms with Crippen molar-refractivity contribution in [1.82, 2.24) is 4.90 Å². The Morgan fingerprint density at radius 2 is 1.83 bits per heavy atom. The molecule has 2 rings (SSSR count). The lowest BCUT2D eigenvalue weighted by molar-refractivity contribution is -0.143. The molecular formula is C15H27NO2. The highest BCUT2D eigenvalue weighted by Gasteiger charge is 2.29. The number of likely N-dealkylation sites (tertiary alicyclic amines) is 1. The zero-order chi connectivity index (χ0) is 13.0. The highest BCUT2D eigenvalue weighted by Crippen LogP contribution is 2.30. The SMILES string of the molecule is CC1CCC(CN2CCCCCC2C(=O)O)CC1. The van der Waals surface area contributed by atoms with Gasteiger partial charge in [0.25, 0.3) is 0 Å². The lowest BCUT2D eigenvalue weighted by Gasteiger charge is -2.33. The number of rotatable bonds is 3. The van der Waals surface area contributed by atoms with Crippen molar-refractivity contribution in [1.29, 1.82) is 0 Å². The molecule has 0 aromatic carbocycles. The molecule has 0 spiro atoms. The molecule has 1 aliphatic heterocycles. The predicted molar refractivity (Wildman–Crippen MR) is 72.6 cm³/mol.